The zero-order valence-electron chi connectivity index (χ0n) is 21.7. The number of amides is 1. The molecule has 2 heterocycles. The Kier molecular flexibility index (Phi) is 12.0. The maximum absolute atomic E-state index is 12.1. The molecule has 14 nitrogen and oxygen atoms in total. The van der Waals surface area contributed by atoms with Gasteiger partial charge in [0.25, 0.3) is 5.89 Å². The van der Waals surface area contributed by atoms with E-state index in [1.807, 2.05) is 6.07 Å². The fourth-order valence-electron chi connectivity index (χ4n) is 3.86. The van der Waals surface area contributed by atoms with Crippen molar-refractivity contribution in [3.05, 3.63) is 42.2 Å². The van der Waals surface area contributed by atoms with E-state index in [1.165, 1.54) is 11.2 Å². The Labute approximate surface area is 225 Å². The molecule has 1 saturated heterocycles. The number of benzene rings is 1. The largest absolute Gasteiger partial charge is 0.478 e. The maximum Gasteiger partial charge on any atom is 0.411 e. The summed E-state index contributed by atoms with van der Waals surface area (Å²) in [5.41, 5.74) is 1.13. The van der Waals surface area contributed by atoms with Gasteiger partial charge in [-0.3, -0.25) is 4.90 Å². The van der Waals surface area contributed by atoms with E-state index in [0.717, 1.165) is 32.5 Å². The molecule has 0 atom stereocenters. The quantitative estimate of drug-likeness (QED) is 0.225. The van der Waals surface area contributed by atoms with E-state index in [0.29, 0.717) is 48.2 Å². The number of sulfone groups is 1. The predicted molar refractivity (Wildman–Crippen MR) is 141 cm³/mol. The SMILES string of the molecule is Cc1noc(-c2ccccc2N(CC2CCN(CCNCS(C)(=O)=O)CC2)C(=O)O)n1.O=C(O)C=CC(=O)O. The number of carboxylic acid groups (broad SMARTS) is 3. The van der Waals surface area contributed by atoms with Crippen LogP contribution in [0.25, 0.3) is 11.5 Å². The van der Waals surface area contributed by atoms with Crippen LogP contribution in [0.1, 0.15) is 18.7 Å². The number of para-hydroxylation sites is 1. The summed E-state index contributed by atoms with van der Waals surface area (Å²) in [4.78, 5) is 39.1. The van der Waals surface area contributed by atoms with Crippen LogP contribution in [-0.2, 0) is 19.4 Å². The van der Waals surface area contributed by atoms with Gasteiger partial charge in [0.1, 0.15) is 0 Å². The number of hydrogen-bond donors (Lipinski definition) is 4. The van der Waals surface area contributed by atoms with Crippen molar-refractivity contribution in [1.82, 2.24) is 20.4 Å². The molecule has 3 rings (SSSR count). The molecule has 214 valence electrons. The molecule has 15 heteroatoms. The number of aliphatic carboxylic acids is 2. The number of anilines is 1. The molecule has 0 aliphatic carbocycles. The molecule has 1 aliphatic heterocycles. The summed E-state index contributed by atoms with van der Waals surface area (Å²) in [5.74, 6) is -1.51. The summed E-state index contributed by atoms with van der Waals surface area (Å²) >= 11 is 0. The molecular weight excluding hydrogens is 534 g/mol. The molecule has 0 saturated carbocycles. The van der Waals surface area contributed by atoms with Gasteiger partial charge in [-0.15, -0.1) is 0 Å². The smallest absolute Gasteiger partial charge is 0.411 e. The number of nitrogens with one attached hydrogen (secondary N) is 1. The Bertz CT molecular complexity index is 1240. The van der Waals surface area contributed by atoms with E-state index in [9.17, 15) is 27.9 Å². The van der Waals surface area contributed by atoms with Gasteiger partial charge in [0.15, 0.2) is 15.7 Å². The molecule has 0 unspecified atom stereocenters. The first kappa shape index (κ1) is 31.4. The van der Waals surface area contributed by atoms with Gasteiger partial charge >= 0.3 is 18.0 Å². The fraction of sp³-hybridized carbons (Fsp3) is 0.458. The molecule has 2 aromatic rings. The minimum atomic E-state index is -3.01. The maximum atomic E-state index is 12.1. The highest BCUT2D eigenvalue weighted by Gasteiger charge is 2.27. The molecule has 1 aromatic carbocycles. The van der Waals surface area contributed by atoms with Crippen molar-refractivity contribution < 1.29 is 42.6 Å². The number of carbonyl (C=O) groups is 3. The molecule has 0 bridgehead atoms. The highest BCUT2D eigenvalue weighted by atomic mass is 32.2. The van der Waals surface area contributed by atoms with Crippen LogP contribution in [0.2, 0.25) is 0 Å². The van der Waals surface area contributed by atoms with Gasteiger partial charge in [0.2, 0.25) is 0 Å². The molecule has 0 radical (unpaired) electrons. The van der Waals surface area contributed by atoms with Crippen molar-refractivity contribution in [3.8, 4) is 11.5 Å². The Balaban J connectivity index is 0.000000580. The minimum absolute atomic E-state index is 0.0178. The topological polar surface area (TPSA) is 203 Å². The van der Waals surface area contributed by atoms with Crippen LogP contribution in [0.15, 0.2) is 40.9 Å². The van der Waals surface area contributed by atoms with Crippen LogP contribution in [0, 0.1) is 12.8 Å². The lowest BCUT2D eigenvalue weighted by molar-refractivity contribution is -0.134. The summed E-state index contributed by atoms with van der Waals surface area (Å²) in [6.07, 6.45) is 3.05. The number of aromatic nitrogens is 2. The molecule has 1 aromatic heterocycles. The molecule has 0 spiro atoms. The van der Waals surface area contributed by atoms with Gasteiger partial charge in [-0.1, -0.05) is 17.3 Å². The Morgan fingerprint density at radius 2 is 1.74 bits per heavy atom. The van der Waals surface area contributed by atoms with Gasteiger partial charge in [0.05, 0.1) is 17.1 Å². The van der Waals surface area contributed by atoms with E-state index in [-0.39, 0.29) is 11.8 Å². The van der Waals surface area contributed by atoms with Crippen molar-refractivity contribution in [1.29, 1.82) is 0 Å². The second-order valence-electron chi connectivity index (χ2n) is 8.92. The van der Waals surface area contributed by atoms with E-state index < -0.39 is 27.9 Å². The van der Waals surface area contributed by atoms with Crippen molar-refractivity contribution in [2.24, 2.45) is 5.92 Å². The number of piperidine rings is 1. The Morgan fingerprint density at radius 1 is 1.13 bits per heavy atom. The number of likely N-dealkylation sites (tertiary alicyclic amines) is 1. The number of aryl methyl sites for hydroxylation is 1. The van der Waals surface area contributed by atoms with Gasteiger partial charge < -0.3 is 30.1 Å². The van der Waals surface area contributed by atoms with E-state index in [2.05, 4.69) is 20.4 Å². The third kappa shape index (κ3) is 11.6. The van der Waals surface area contributed by atoms with Gasteiger partial charge in [-0.05, 0) is 50.9 Å². The fourth-order valence-corrected chi connectivity index (χ4v) is 4.38. The first-order valence-electron chi connectivity index (χ1n) is 12.0. The van der Waals surface area contributed by atoms with Gasteiger partial charge in [0, 0.05) is 38.0 Å². The highest BCUT2D eigenvalue weighted by Crippen LogP contribution is 2.31. The minimum Gasteiger partial charge on any atom is -0.478 e. The second kappa shape index (κ2) is 14.9. The molecule has 1 fully saturated rings. The molecule has 39 heavy (non-hydrogen) atoms. The normalized spacial score (nSPS) is 14.5. The second-order valence-corrected chi connectivity index (χ2v) is 11.1. The first-order chi connectivity index (χ1) is 18.4. The van der Waals surface area contributed by atoms with Crippen molar-refractivity contribution in [2.75, 3.05) is 49.8 Å². The summed E-state index contributed by atoms with van der Waals surface area (Å²) in [7, 11) is -3.01. The monoisotopic (exact) mass is 567 g/mol. The van der Waals surface area contributed by atoms with Crippen LogP contribution in [0.3, 0.4) is 0 Å². The average molecular weight is 568 g/mol. The van der Waals surface area contributed by atoms with Crippen molar-refractivity contribution in [2.45, 2.75) is 19.8 Å². The lowest BCUT2D eigenvalue weighted by Gasteiger charge is -2.34. The van der Waals surface area contributed by atoms with E-state index in [4.69, 9.17) is 14.7 Å². The van der Waals surface area contributed by atoms with Crippen LogP contribution in [0.5, 0.6) is 0 Å². The van der Waals surface area contributed by atoms with Crippen LogP contribution in [0.4, 0.5) is 10.5 Å². The lowest BCUT2D eigenvalue weighted by Crippen LogP contribution is -2.42. The van der Waals surface area contributed by atoms with Crippen LogP contribution < -0.4 is 10.2 Å². The van der Waals surface area contributed by atoms with E-state index in [1.54, 1.807) is 25.1 Å². The third-order valence-electron chi connectivity index (χ3n) is 5.67. The van der Waals surface area contributed by atoms with Crippen molar-refractivity contribution in [3.63, 3.8) is 0 Å². The summed E-state index contributed by atoms with van der Waals surface area (Å²) in [5, 5.41) is 32.3. The predicted octanol–water partition coefficient (Wildman–Crippen LogP) is 1.54. The third-order valence-corrected chi connectivity index (χ3v) is 6.40. The molecule has 4 N–H and O–H groups in total. The Hall–Kier alpha value is -3.82. The summed E-state index contributed by atoms with van der Waals surface area (Å²) in [6.45, 7) is 5.18. The summed E-state index contributed by atoms with van der Waals surface area (Å²) < 4.78 is 27.6. The zero-order valence-corrected chi connectivity index (χ0v) is 22.5. The van der Waals surface area contributed by atoms with E-state index >= 15 is 0 Å². The number of carboxylic acids is 2. The first-order valence-corrected chi connectivity index (χ1v) is 14.1. The van der Waals surface area contributed by atoms with Gasteiger partial charge in [-0.25, -0.2) is 22.8 Å². The van der Waals surface area contributed by atoms with Gasteiger partial charge in [-0.2, -0.15) is 4.98 Å². The average Bonchev–Trinajstić information content (AvgIpc) is 3.30. The molecular formula is C24H33N5O9S. The number of hydrogen-bond acceptors (Lipinski definition) is 10. The van der Waals surface area contributed by atoms with Crippen molar-refractivity contribution >= 4 is 33.6 Å². The van der Waals surface area contributed by atoms with Crippen LogP contribution >= 0.6 is 0 Å². The summed E-state index contributed by atoms with van der Waals surface area (Å²) in [6, 6.07) is 7.15. The standard InChI is InChI=1S/C20H29N5O5S.C4H4O4/c1-15-22-19(30-23-15)17-5-3-4-6-18(17)25(20(26)27)13-16-7-10-24(11-8-16)12-9-21-14-31(2,28)29;5-3(6)1-2-4(7)8/h3-6,16,21H,7-14H2,1-2H3,(H,26,27);1-2H,(H,5,6)(H,7,8). The zero-order chi connectivity index (χ0) is 29.0. The highest BCUT2D eigenvalue weighted by molar-refractivity contribution is 7.90. The molecule has 1 amide bonds. The lowest BCUT2D eigenvalue weighted by atomic mass is 9.95. The number of rotatable bonds is 11. The number of nitrogens with zero attached hydrogens (tertiary/aromatic N) is 4. The Morgan fingerprint density at radius 3 is 2.26 bits per heavy atom. The van der Waals surface area contributed by atoms with Crippen LogP contribution in [-0.4, -0.2) is 102 Å². The molecule has 1 aliphatic rings.